The number of aromatic amines is 1. The van der Waals surface area contributed by atoms with Gasteiger partial charge in [-0.3, -0.25) is 14.6 Å². The standard InChI is InChI=1S/C17H18N6O2S/c1-10-4-20-23(7-10)9-12-8-22-2-3-25-14-13(22)16(17(24)21-12)26-15(14)11-5-18-19-6-11/h4-7,12H,2-3,8-9H2,1H3,(H,18,19)(H,21,24)/t12-/m1/s1. The zero-order valence-electron chi connectivity index (χ0n) is 14.2. The number of nitrogens with zero attached hydrogens (tertiary/aromatic N) is 4. The van der Waals surface area contributed by atoms with Gasteiger partial charge in [0.1, 0.15) is 17.2 Å². The number of hydrogen-bond acceptors (Lipinski definition) is 6. The number of carbonyl (C=O) groups is 1. The fourth-order valence-corrected chi connectivity index (χ4v) is 4.71. The fourth-order valence-electron chi connectivity index (χ4n) is 3.56. The van der Waals surface area contributed by atoms with Crippen molar-refractivity contribution in [2.75, 3.05) is 24.6 Å². The summed E-state index contributed by atoms with van der Waals surface area (Å²) < 4.78 is 7.84. The maximum atomic E-state index is 12.9. The number of aryl methyl sites for hydroxylation is 1. The molecule has 2 aliphatic heterocycles. The largest absolute Gasteiger partial charge is 0.488 e. The van der Waals surface area contributed by atoms with Crippen molar-refractivity contribution in [3.05, 3.63) is 35.2 Å². The molecule has 0 unspecified atom stereocenters. The van der Waals surface area contributed by atoms with Crippen molar-refractivity contribution in [1.82, 2.24) is 25.3 Å². The smallest absolute Gasteiger partial charge is 0.264 e. The number of carbonyl (C=O) groups excluding carboxylic acids is 1. The summed E-state index contributed by atoms with van der Waals surface area (Å²) in [6.45, 7) is 4.77. The molecule has 0 bridgehead atoms. The normalized spacial score (nSPS) is 18.9. The Morgan fingerprint density at radius 3 is 3.08 bits per heavy atom. The molecule has 0 saturated carbocycles. The number of amides is 1. The van der Waals surface area contributed by atoms with Gasteiger partial charge in [-0.15, -0.1) is 11.3 Å². The molecule has 8 nitrogen and oxygen atoms in total. The fraction of sp³-hybridized carbons (Fsp3) is 0.353. The van der Waals surface area contributed by atoms with Crippen molar-refractivity contribution in [1.29, 1.82) is 0 Å². The molecule has 0 spiro atoms. The molecule has 2 aliphatic rings. The molecule has 5 rings (SSSR count). The molecule has 5 heterocycles. The van der Waals surface area contributed by atoms with Crippen molar-refractivity contribution >= 4 is 22.9 Å². The SMILES string of the molecule is Cc1cnn(C[C@H]2CN3CCOc4c(-c5cn[nH]c5)sc(c43)C(=O)N2)c1. The first-order chi connectivity index (χ1) is 12.7. The van der Waals surface area contributed by atoms with Gasteiger partial charge in [0.05, 0.1) is 36.4 Å². The topological polar surface area (TPSA) is 88.1 Å². The van der Waals surface area contributed by atoms with Crippen molar-refractivity contribution in [3.8, 4) is 16.2 Å². The van der Waals surface area contributed by atoms with Gasteiger partial charge in [0, 0.05) is 24.5 Å². The number of nitrogens with one attached hydrogen (secondary N) is 2. The summed E-state index contributed by atoms with van der Waals surface area (Å²) in [4.78, 5) is 16.8. The van der Waals surface area contributed by atoms with Gasteiger partial charge in [-0.25, -0.2) is 0 Å². The van der Waals surface area contributed by atoms with Gasteiger partial charge in [0.2, 0.25) is 0 Å². The number of H-pyrrole nitrogens is 1. The zero-order valence-corrected chi connectivity index (χ0v) is 15.0. The monoisotopic (exact) mass is 370 g/mol. The van der Waals surface area contributed by atoms with E-state index < -0.39 is 0 Å². The molecule has 0 radical (unpaired) electrons. The summed E-state index contributed by atoms with van der Waals surface area (Å²) in [5.74, 6) is 0.742. The predicted octanol–water partition coefficient (Wildman–Crippen LogP) is 1.65. The summed E-state index contributed by atoms with van der Waals surface area (Å²) in [6, 6.07) is -0.00951. The lowest BCUT2D eigenvalue weighted by Crippen LogP contribution is -2.45. The van der Waals surface area contributed by atoms with Crippen LogP contribution in [0.5, 0.6) is 5.75 Å². The number of rotatable bonds is 3. The van der Waals surface area contributed by atoms with Gasteiger partial charge in [0.25, 0.3) is 5.91 Å². The Kier molecular flexibility index (Phi) is 3.49. The molecular formula is C17H18N6O2S. The van der Waals surface area contributed by atoms with E-state index >= 15 is 0 Å². The van der Waals surface area contributed by atoms with E-state index in [9.17, 15) is 4.79 Å². The summed E-state index contributed by atoms with van der Waals surface area (Å²) in [5, 5.41) is 14.4. The molecule has 26 heavy (non-hydrogen) atoms. The van der Waals surface area contributed by atoms with Gasteiger partial charge < -0.3 is 15.0 Å². The van der Waals surface area contributed by atoms with Gasteiger partial charge >= 0.3 is 0 Å². The highest BCUT2D eigenvalue weighted by atomic mass is 32.1. The highest BCUT2D eigenvalue weighted by Crippen LogP contribution is 2.50. The first-order valence-electron chi connectivity index (χ1n) is 8.52. The first kappa shape index (κ1) is 15.4. The van der Waals surface area contributed by atoms with Crippen molar-refractivity contribution in [3.63, 3.8) is 0 Å². The minimum Gasteiger partial charge on any atom is -0.488 e. The summed E-state index contributed by atoms with van der Waals surface area (Å²) >= 11 is 1.46. The van der Waals surface area contributed by atoms with E-state index in [2.05, 4.69) is 25.5 Å². The highest BCUT2D eigenvalue weighted by molar-refractivity contribution is 7.18. The van der Waals surface area contributed by atoms with E-state index in [0.717, 1.165) is 40.5 Å². The second-order valence-electron chi connectivity index (χ2n) is 6.63. The average Bonchev–Trinajstić information content (AvgIpc) is 3.32. The lowest BCUT2D eigenvalue weighted by Gasteiger charge is -2.31. The molecule has 0 aliphatic carbocycles. The molecule has 3 aromatic heterocycles. The molecular weight excluding hydrogens is 352 g/mol. The second kappa shape index (κ2) is 5.87. The van der Waals surface area contributed by atoms with Crippen LogP contribution in [0.15, 0.2) is 24.8 Å². The molecule has 1 atom stereocenters. The average molecular weight is 370 g/mol. The van der Waals surface area contributed by atoms with Crippen molar-refractivity contribution < 1.29 is 9.53 Å². The van der Waals surface area contributed by atoms with Gasteiger partial charge in [-0.05, 0) is 12.5 Å². The third-order valence-electron chi connectivity index (χ3n) is 4.68. The van der Waals surface area contributed by atoms with E-state index in [1.54, 1.807) is 6.20 Å². The third kappa shape index (κ3) is 2.47. The van der Waals surface area contributed by atoms with Gasteiger partial charge in [-0.1, -0.05) is 0 Å². The van der Waals surface area contributed by atoms with Crippen LogP contribution in [0, 0.1) is 6.92 Å². The number of ether oxygens (including phenoxy) is 1. The van der Waals surface area contributed by atoms with Gasteiger partial charge in [-0.2, -0.15) is 10.2 Å². The summed E-state index contributed by atoms with van der Waals surface area (Å²) in [5.41, 5.74) is 2.97. The van der Waals surface area contributed by atoms with Crippen LogP contribution in [0.4, 0.5) is 5.69 Å². The molecule has 9 heteroatoms. The Morgan fingerprint density at radius 1 is 1.38 bits per heavy atom. The Bertz CT molecular complexity index is 960. The van der Waals surface area contributed by atoms with Crippen LogP contribution in [-0.4, -0.2) is 51.6 Å². The van der Waals surface area contributed by atoms with Crippen LogP contribution in [0.2, 0.25) is 0 Å². The second-order valence-corrected chi connectivity index (χ2v) is 7.65. The Labute approximate surface area is 153 Å². The number of hydrogen-bond donors (Lipinski definition) is 2. The van der Waals surface area contributed by atoms with Crippen LogP contribution in [-0.2, 0) is 6.54 Å². The lowest BCUT2D eigenvalue weighted by molar-refractivity contribution is 0.0942. The molecule has 0 saturated heterocycles. The molecule has 2 N–H and O–H groups in total. The molecule has 0 fully saturated rings. The first-order valence-corrected chi connectivity index (χ1v) is 9.34. The van der Waals surface area contributed by atoms with Crippen LogP contribution in [0.1, 0.15) is 15.2 Å². The minimum atomic E-state index is -0.0529. The lowest BCUT2D eigenvalue weighted by atomic mass is 10.2. The number of anilines is 1. The van der Waals surface area contributed by atoms with Crippen molar-refractivity contribution in [2.24, 2.45) is 0 Å². The maximum Gasteiger partial charge on any atom is 0.264 e. The molecule has 0 aromatic carbocycles. The predicted molar refractivity (Wildman–Crippen MR) is 97.8 cm³/mol. The maximum absolute atomic E-state index is 12.9. The molecule has 3 aromatic rings. The van der Waals surface area contributed by atoms with Crippen LogP contribution < -0.4 is 15.0 Å². The van der Waals surface area contributed by atoms with E-state index in [-0.39, 0.29) is 11.9 Å². The summed E-state index contributed by atoms with van der Waals surface area (Å²) in [7, 11) is 0. The quantitative estimate of drug-likeness (QED) is 0.732. The Morgan fingerprint density at radius 2 is 2.31 bits per heavy atom. The van der Waals surface area contributed by atoms with Crippen LogP contribution in [0.3, 0.4) is 0 Å². The van der Waals surface area contributed by atoms with Crippen LogP contribution in [0.25, 0.3) is 10.4 Å². The zero-order chi connectivity index (χ0) is 17.7. The van der Waals surface area contributed by atoms with Crippen molar-refractivity contribution in [2.45, 2.75) is 19.5 Å². The highest BCUT2D eigenvalue weighted by Gasteiger charge is 2.36. The van der Waals surface area contributed by atoms with E-state index in [4.69, 9.17) is 4.74 Å². The van der Waals surface area contributed by atoms with E-state index in [0.29, 0.717) is 18.0 Å². The molecule has 1 amide bonds. The minimum absolute atomic E-state index is 0.00951. The Hall–Kier alpha value is -2.81. The molecule has 134 valence electrons. The number of aromatic nitrogens is 4. The number of thiophene rings is 1. The summed E-state index contributed by atoms with van der Waals surface area (Å²) in [6.07, 6.45) is 7.41. The van der Waals surface area contributed by atoms with Gasteiger partial charge in [0.15, 0.2) is 5.75 Å². The van der Waals surface area contributed by atoms with E-state index in [1.807, 2.05) is 30.2 Å². The van der Waals surface area contributed by atoms with E-state index in [1.165, 1.54) is 11.3 Å². The van der Waals surface area contributed by atoms with Crippen LogP contribution >= 0.6 is 11.3 Å². The Balaban J connectivity index is 1.50. The third-order valence-corrected chi connectivity index (χ3v) is 5.88.